The molecule has 0 aromatic rings. The van der Waals surface area contributed by atoms with E-state index in [1.807, 2.05) is 0 Å². The summed E-state index contributed by atoms with van der Waals surface area (Å²) in [5.41, 5.74) is 0. The Balaban J connectivity index is 1.40. The number of carbonyl (C=O) groups is 1. The van der Waals surface area contributed by atoms with Crippen molar-refractivity contribution in [3.05, 3.63) is 0 Å². The molecule has 0 bridgehead atoms. The average Bonchev–Trinajstić information content (AvgIpc) is 2.81. The molecule has 4 fully saturated rings. The smallest absolute Gasteiger partial charge is 0.225 e. The lowest BCUT2D eigenvalue weighted by Gasteiger charge is -2.24. The quantitative estimate of drug-likeness (QED) is 0.740. The molecule has 2 aliphatic heterocycles. The summed E-state index contributed by atoms with van der Waals surface area (Å²) in [6.45, 7) is 3.16. The highest BCUT2D eigenvalue weighted by Crippen LogP contribution is 2.54. The number of piperidine rings is 1. The van der Waals surface area contributed by atoms with Crippen LogP contribution in [0.25, 0.3) is 0 Å². The molecule has 2 saturated heterocycles. The second-order valence-electron chi connectivity index (χ2n) is 6.63. The molecule has 4 atom stereocenters. The fraction of sp³-hybridized carbons (Fsp3) is 0.929. The topological polar surface area (TPSA) is 32.3 Å². The maximum atomic E-state index is 12.5. The summed E-state index contributed by atoms with van der Waals surface area (Å²) in [5.74, 6) is 3.45. The van der Waals surface area contributed by atoms with E-state index in [1.165, 1.54) is 32.1 Å². The van der Waals surface area contributed by atoms with Crippen molar-refractivity contribution in [1.82, 2.24) is 10.2 Å². The van der Waals surface area contributed by atoms with Crippen molar-refractivity contribution in [2.75, 3.05) is 19.6 Å². The number of rotatable bonds is 1. The predicted molar refractivity (Wildman–Crippen MR) is 65.4 cm³/mol. The first kappa shape index (κ1) is 10.4. The van der Waals surface area contributed by atoms with Crippen LogP contribution in [0.2, 0.25) is 0 Å². The summed E-state index contributed by atoms with van der Waals surface area (Å²) in [6, 6.07) is 0.601. The van der Waals surface area contributed by atoms with Gasteiger partial charge < -0.3 is 10.2 Å². The molecule has 4 aliphatic rings. The van der Waals surface area contributed by atoms with Crippen LogP contribution in [0, 0.1) is 23.7 Å². The third kappa shape index (κ3) is 1.70. The molecule has 2 unspecified atom stereocenters. The molecule has 0 aromatic carbocycles. The Labute approximate surface area is 103 Å². The first-order valence-corrected chi connectivity index (χ1v) is 7.33. The Morgan fingerprint density at radius 1 is 1.06 bits per heavy atom. The fourth-order valence-corrected chi connectivity index (χ4v) is 4.40. The minimum Gasteiger partial charge on any atom is -0.341 e. The Hall–Kier alpha value is -0.570. The SMILES string of the molecule is O=C(C1CC2CC2C1)N1C[C@@H]2CCCN[C@@H]2C1. The van der Waals surface area contributed by atoms with Gasteiger partial charge in [0, 0.05) is 25.0 Å². The Kier molecular flexibility index (Phi) is 2.26. The number of nitrogens with one attached hydrogen (secondary N) is 1. The van der Waals surface area contributed by atoms with Crippen molar-refractivity contribution in [3.63, 3.8) is 0 Å². The van der Waals surface area contributed by atoms with Gasteiger partial charge in [0.1, 0.15) is 0 Å². The monoisotopic (exact) mass is 234 g/mol. The van der Waals surface area contributed by atoms with Gasteiger partial charge in [-0.3, -0.25) is 4.79 Å². The van der Waals surface area contributed by atoms with Gasteiger partial charge in [-0.05, 0) is 56.4 Å². The van der Waals surface area contributed by atoms with Crippen molar-refractivity contribution in [2.45, 2.75) is 38.1 Å². The molecule has 94 valence electrons. The van der Waals surface area contributed by atoms with E-state index >= 15 is 0 Å². The van der Waals surface area contributed by atoms with Crippen molar-refractivity contribution >= 4 is 5.91 Å². The number of nitrogens with zero attached hydrogens (tertiary/aromatic N) is 1. The lowest BCUT2D eigenvalue weighted by Crippen LogP contribution is -2.41. The zero-order valence-electron chi connectivity index (χ0n) is 10.4. The summed E-state index contributed by atoms with van der Waals surface area (Å²) in [5, 5.41) is 3.58. The van der Waals surface area contributed by atoms with Crippen LogP contribution in [0.1, 0.15) is 32.1 Å². The summed E-state index contributed by atoms with van der Waals surface area (Å²) in [4.78, 5) is 14.6. The van der Waals surface area contributed by atoms with Crippen molar-refractivity contribution in [1.29, 1.82) is 0 Å². The van der Waals surface area contributed by atoms with Gasteiger partial charge in [0.25, 0.3) is 0 Å². The van der Waals surface area contributed by atoms with Gasteiger partial charge in [-0.1, -0.05) is 0 Å². The van der Waals surface area contributed by atoms with Crippen LogP contribution in [0.3, 0.4) is 0 Å². The summed E-state index contributed by atoms with van der Waals surface area (Å²) in [7, 11) is 0. The normalized spacial score (nSPS) is 47.8. The van der Waals surface area contributed by atoms with E-state index in [9.17, 15) is 4.79 Å². The predicted octanol–water partition coefficient (Wildman–Crippen LogP) is 1.24. The number of hydrogen-bond donors (Lipinski definition) is 1. The van der Waals surface area contributed by atoms with Gasteiger partial charge in [-0.2, -0.15) is 0 Å². The molecular formula is C14H22N2O. The molecule has 1 N–H and O–H groups in total. The average molecular weight is 234 g/mol. The highest BCUT2D eigenvalue weighted by Gasteiger charge is 2.49. The van der Waals surface area contributed by atoms with Crippen LogP contribution in [0.4, 0.5) is 0 Å². The molecule has 1 amide bonds. The molecule has 3 nitrogen and oxygen atoms in total. The van der Waals surface area contributed by atoms with Gasteiger partial charge in [-0.25, -0.2) is 0 Å². The van der Waals surface area contributed by atoms with E-state index in [2.05, 4.69) is 10.2 Å². The molecule has 17 heavy (non-hydrogen) atoms. The third-order valence-corrected chi connectivity index (χ3v) is 5.50. The number of likely N-dealkylation sites (tertiary alicyclic amines) is 1. The minimum absolute atomic E-state index is 0.388. The first-order chi connectivity index (χ1) is 8.31. The lowest BCUT2D eigenvalue weighted by atomic mass is 9.94. The molecule has 3 heteroatoms. The minimum atomic E-state index is 0.388. The van der Waals surface area contributed by atoms with Gasteiger partial charge >= 0.3 is 0 Å². The molecule has 0 radical (unpaired) electrons. The Bertz CT molecular complexity index is 319. The zero-order chi connectivity index (χ0) is 11.4. The van der Waals surface area contributed by atoms with E-state index < -0.39 is 0 Å². The van der Waals surface area contributed by atoms with Crippen LogP contribution >= 0.6 is 0 Å². The number of carbonyl (C=O) groups excluding carboxylic acids is 1. The van der Waals surface area contributed by atoms with Crippen LogP contribution in [0.5, 0.6) is 0 Å². The van der Waals surface area contributed by atoms with Crippen LogP contribution in [0.15, 0.2) is 0 Å². The van der Waals surface area contributed by atoms with Gasteiger partial charge in [-0.15, -0.1) is 0 Å². The van der Waals surface area contributed by atoms with Crippen LogP contribution < -0.4 is 5.32 Å². The first-order valence-electron chi connectivity index (χ1n) is 7.33. The molecule has 0 aromatic heterocycles. The molecular weight excluding hydrogens is 212 g/mol. The third-order valence-electron chi connectivity index (χ3n) is 5.50. The molecule has 2 aliphatic carbocycles. The van der Waals surface area contributed by atoms with E-state index in [0.29, 0.717) is 17.9 Å². The maximum Gasteiger partial charge on any atom is 0.225 e. The highest BCUT2D eigenvalue weighted by atomic mass is 16.2. The molecule has 2 saturated carbocycles. The van der Waals surface area contributed by atoms with Gasteiger partial charge in [0.05, 0.1) is 0 Å². The number of fused-ring (bicyclic) bond motifs is 2. The lowest BCUT2D eigenvalue weighted by molar-refractivity contribution is -0.134. The van der Waals surface area contributed by atoms with E-state index in [-0.39, 0.29) is 0 Å². The van der Waals surface area contributed by atoms with Gasteiger partial charge in [0.15, 0.2) is 0 Å². The van der Waals surface area contributed by atoms with Crippen molar-refractivity contribution < 1.29 is 4.79 Å². The van der Waals surface area contributed by atoms with Crippen molar-refractivity contribution in [3.8, 4) is 0 Å². The fourth-order valence-electron chi connectivity index (χ4n) is 4.40. The number of amides is 1. The molecule has 0 spiro atoms. The van der Waals surface area contributed by atoms with E-state index in [1.54, 1.807) is 0 Å². The zero-order valence-corrected chi connectivity index (χ0v) is 10.4. The summed E-state index contributed by atoms with van der Waals surface area (Å²) in [6.07, 6.45) is 6.41. The largest absolute Gasteiger partial charge is 0.341 e. The molecule has 2 heterocycles. The summed E-state index contributed by atoms with van der Waals surface area (Å²) < 4.78 is 0. The van der Waals surface area contributed by atoms with E-state index in [4.69, 9.17) is 0 Å². The Morgan fingerprint density at radius 3 is 2.65 bits per heavy atom. The second-order valence-corrected chi connectivity index (χ2v) is 6.63. The van der Waals surface area contributed by atoms with Crippen LogP contribution in [-0.4, -0.2) is 36.5 Å². The van der Waals surface area contributed by atoms with Crippen LogP contribution in [-0.2, 0) is 4.79 Å². The number of hydrogen-bond acceptors (Lipinski definition) is 2. The van der Waals surface area contributed by atoms with Gasteiger partial charge in [0.2, 0.25) is 5.91 Å². The van der Waals surface area contributed by atoms with Crippen molar-refractivity contribution in [2.24, 2.45) is 23.7 Å². The van der Waals surface area contributed by atoms with E-state index in [0.717, 1.165) is 37.4 Å². The Morgan fingerprint density at radius 2 is 1.88 bits per heavy atom. The second kappa shape index (κ2) is 3.71. The summed E-state index contributed by atoms with van der Waals surface area (Å²) >= 11 is 0. The standard InChI is InChI=1S/C14H22N2O/c17-14(12-5-10-4-11(10)6-12)16-7-9-2-1-3-15-13(9)8-16/h9-13,15H,1-8H2/t9-,10?,11?,12?,13+/m0/s1. The molecule has 4 rings (SSSR count). The highest BCUT2D eigenvalue weighted by molar-refractivity contribution is 5.79. The maximum absolute atomic E-state index is 12.5.